The molecule has 1 aromatic rings. The number of aliphatic carboxylic acids is 1. The summed E-state index contributed by atoms with van der Waals surface area (Å²) in [6.07, 6.45) is 0.582. The molecule has 8 nitrogen and oxygen atoms in total. The minimum atomic E-state index is -0.955. The Morgan fingerprint density at radius 2 is 2.11 bits per heavy atom. The highest BCUT2D eigenvalue weighted by atomic mass is 16.5. The Balaban J connectivity index is 1.79. The van der Waals surface area contributed by atoms with Crippen LogP contribution in [0.1, 0.15) is 36.5 Å². The number of amides is 2. The van der Waals surface area contributed by atoms with E-state index in [0.29, 0.717) is 44.0 Å². The van der Waals surface area contributed by atoms with Crippen LogP contribution in [0.15, 0.2) is 24.3 Å². The summed E-state index contributed by atoms with van der Waals surface area (Å²) in [5, 5.41) is 11.7. The zero-order valence-corrected chi connectivity index (χ0v) is 15.5. The van der Waals surface area contributed by atoms with Crippen molar-refractivity contribution < 1.29 is 29.0 Å². The van der Waals surface area contributed by atoms with Gasteiger partial charge in [0.05, 0.1) is 37.8 Å². The second-order valence-corrected chi connectivity index (χ2v) is 6.20. The first kappa shape index (κ1) is 20.7. The molecule has 2 amide bonds. The highest BCUT2D eigenvalue weighted by Crippen LogP contribution is 2.18. The number of carbonyl (C=O) groups excluding carboxylic acids is 2. The molecule has 8 heteroatoms. The second kappa shape index (κ2) is 10.5. The van der Waals surface area contributed by atoms with Crippen LogP contribution in [0.5, 0.6) is 5.75 Å². The highest BCUT2D eigenvalue weighted by Gasteiger charge is 2.28. The summed E-state index contributed by atoms with van der Waals surface area (Å²) in [4.78, 5) is 37.2. The number of carbonyl (C=O) groups is 3. The Morgan fingerprint density at radius 1 is 1.33 bits per heavy atom. The smallest absolute Gasteiger partial charge is 0.305 e. The fourth-order valence-corrected chi connectivity index (χ4v) is 2.97. The molecule has 0 aromatic heterocycles. The average Bonchev–Trinajstić information content (AvgIpc) is 2.65. The molecule has 1 fully saturated rings. The Hall–Kier alpha value is -2.61. The van der Waals surface area contributed by atoms with Gasteiger partial charge in [0.1, 0.15) is 5.75 Å². The molecule has 1 atom stereocenters. The van der Waals surface area contributed by atoms with E-state index in [4.69, 9.17) is 14.6 Å². The molecule has 148 valence electrons. The molecule has 1 unspecified atom stereocenters. The van der Waals surface area contributed by atoms with Crippen molar-refractivity contribution in [2.24, 2.45) is 0 Å². The number of hydrogen-bond acceptors (Lipinski definition) is 5. The van der Waals surface area contributed by atoms with E-state index < -0.39 is 12.0 Å². The van der Waals surface area contributed by atoms with E-state index in [0.717, 1.165) is 0 Å². The van der Waals surface area contributed by atoms with Crippen molar-refractivity contribution in [1.29, 1.82) is 0 Å². The molecule has 1 saturated heterocycles. The van der Waals surface area contributed by atoms with Gasteiger partial charge < -0.3 is 24.8 Å². The molecule has 1 aromatic carbocycles. The monoisotopic (exact) mass is 378 g/mol. The summed E-state index contributed by atoms with van der Waals surface area (Å²) in [6.45, 7) is 3.71. The molecule has 27 heavy (non-hydrogen) atoms. The third-order valence-electron chi connectivity index (χ3n) is 4.24. The van der Waals surface area contributed by atoms with E-state index in [9.17, 15) is 14.4 Å². The SMILES string of the molecule is CCOc1ccccc1C(=O)NCCCC(=O)N1CCOCC1CC(=O)O. The summed E-state index contributed by atoms with van der Waals surface area (Å²) >= 11 is 0. The lowest BCUT2D eigenvalue weighted by Crippen LogP contribution is -2.49. The fourth-order valence-electron chi connectivity index (χ4n) is 2.97. The van der Waals surface area contributed by atoms with Crippen LogP contribution in [0.4, 0.5) is 0 Å². The predicted octanol–water partition coefficient (Wildman–Crippen LogP) is 1.30. The zero-order chi connectivity index (χ0) is 19.6. The third-order valence-corrected chi connectivity index (χ3v) is 4.24. The summed E-state index contributed by atoms with van der Waals surface area (Å²) in [5.41, 5.74) is 0.459. The lowest BCUT2D eigenvalue weighted by molar-refractivity contribution is -0.146. The van der Waals surface area contributed by atoms with Gasteiger partial charge >= 0.3 is 5.97 Å². The first-order chi connectivity index (χ1) is 13.0. The minimum absolute atomic E-state index is 0.117. The number of rotatable bonds is 9. The maximum Gasteiger partial charge on any atom is 0.305 e. The molecule has 0 radical (unpaired) electrons. The van der Waals surface area contributed by atoms with E-state index in [1.54, 1.807) is 29.2 Å². The molecule has 0 saturated carbocycles. The topological polar surface area (TPSA) is 105 Å². The van der Waals surface area contributed by atoms with Crippen molar-refractivity contribution in [1.82, 2.24) is 10.2 Å². The van der Waals surface area contributed by atoms with Gasteiger partial charge in [-0.15, -0.1) is 0 Å². The number of hydrogen-bond donors (Lipinski definition) is 2. The Kier molecular flexibility index (Phi) is 8.06. The second-order valence-electron chi connectivity index (χ2n) is 6.20. The van der Waals surface area contributed by atoms with Gasteiger partial charge in [0.15, 0.2) is 0 Å². The van der Waals surface area contributed by atoms with Gasteiger partial charge in [-0.3, -0.25) is 14.4 Å². The van der Waals surface area contributed by atoms with Gasteiger partial charge in [0.25, 0.3) is 5.91 Å². The summed E-state index contributed by atoms with van der Waals surface area (Å²) < 4.78 is 10.7. The molecule has 1 aliphatic heterocycles. The van der Waals surface area contributed by atoms with Gasteiger partial charge in [-0.25, -0.2) is 0 Å². The fraction of sp³-hybridized carbons (Fsp3) is 0.526. The van der Waals surface area contributed by atoms with E-state index in [2.05, 4.69) is 5.32 Å². The summed E-state index contributed by atoms with van der Waals surface area (Å²) in [6, 6.07) is 6.56. The van der Waals surface area contributed by atoms with Crippen LogP contribution in [-0.2, 0) is 14.3 Å². The summed E-state index contributed by atoms with van der Waals surface area (Å²) in [5.74, 6) is -0.794. The number of para-hydroxylation sites is 1. The minimum Gasteiger partial charge on any atom is -0.493 e. The Bertz CT molecular complexity index is 663. The van der Waals surface area contributed by atoms with Crippen LogP contribution in [0.25, 0.3) is 0 Å². The first-order valence-corrected chi connectivity index (χ1v) is 9.12. The zero-order valence-electron chi connectivity index (χ0n) is 15.5. The van der Waals surface area contributed by atoms with Crippen LogP contribution in [-0.4, -0.2) is 66.7 Å². The van der Waals surface area contributed by atoms with Crippen molar-refractivity contribution in [2.75, 3.05) is 32.9 Å². The van der Waals surface area contributed by atoms with Crippen LogP contribution in [0.3, 0.4) is 0 Å². The van der Waals surface area contributed by atoms with Gasteiger partial charge in [0, 0.05) is 19.5 Å². The lowest BCUT2D eigenvalue weighted by atomic mass is 10.1. The number of morpholine rings is 1. The van der Waals surface area contributed by atoms with Gasteiger partial charge in [-0.05, 0) is 25.5 Å². The third kappa shape index (κ3) is 6.25. The van der Waals surface area contributed by atoms with E-state index >= 15 is 0 Å². The van der Waals surface area contributed by atoms with Crippen LogP contribution in [0, 0.1) is 0 Å². The molecular formula is C19H26N2O6. The van der Waals surface area contributed by atoms with Crippen molar-refractivity contribution >= 4 is 17.8 Å². The standard InChI is InChI=1S/C19H26N2O6/c1-2-27-16-7-4-3-6-15(16)19(25)20-9-5-8-17(22)21-10-11-26-13-14(21)12-18(23)24/h3-4,6-7,14H,2,5,8-13H2,1H3,(H,20,25)(H,23,24). The largest absolute Gasteiger partial charge is 0.493 e. The Labute approximate surface area is 158 Å². The molecule has 1 aliphatic rings. The van der Waals surface area contributed by atoms with Crippen LogP contribution >= 0.6 is 0 Å². The van der Waals surface area contributed by atoms with Crippen molar-refractivity contribution in [2.45, 2.75) is 32.2 Å². The van der Waals surface area contributed by atoms with Gasteiger partial charge in [-0.1, -0.05) is 12.1 Å². The van der Waals surface area contributed by atoms with Gasteiger partial charge in [-0.2, -0.15) is 0 Å². The van der Waals surface area contributed by atoms with E-state index in [1.807, 2.05) is 6.92 Å². The molecule has 0 bridgehead atoms. The number of nitrogens with zero attached hydrogens (tertiary/aromatic N) is 1. The number of nitrogens with one attached hydrogen (secondary N) is 1. The Morgan fingerprint density at radius 3 is 2.85 bits per heavy atom. The maximum absolute atomic E-state index is 12.4. The predicted molar refractivity (Wildman–Crippen MR) is 97.8 cm³/mol. The van der Waals surface area contributed by atoms with Crippen LogP contribution in [0.2, 0.25) is 0 Å². The van der Waals surface area contributed by atoms with Crippen molar-refractivity contribution in [3.63, 3.8) is 0 Å². The number of carboxylic acids is 1. The highest BCUT2D eigenvalue weighted by molar-refractivity contribution is 5.96. The maximum atomic E-state index is 12.4. The number of ether oxygens (including phenoxy) is 2. The van der Waals surface area contributed by atoms with E-state index in [1.165, 1.54) is 0 Å². The average molecular weight is 378 g/mol. The van der Waals surface area contributed by atoms with Gasteiger partial charge in [0.2, 0.25) is 5.91 Å². The molecule has 1 heterocycles. The quantitative estimate of drug-likeness (QED) is 0.628. The molecular weight excluding hydrogens is 352 g/mol. The number of benzene rings is 1. The lowest BCUT2D eigenvalue weighted by Gasteiger charge is -2.35. The van der Waals surface area contributed by atoms with Crippen molar-refractivity contribution in [3.8, 4) is 5.75 Å². The molecule has 2 N–H and O–H groups in total. The molecule has 0 aliphatic carbocycles. The van der Waals surface area contributed by atoms with Crippen LogP contribution < -0.4 is 10.1 Å². The number of carboxylic acid groups (broad SMARTS) is 1. The van der Waals surface area contributed by atoms with Crippen molar-refractivity contribution in [3.05, 3.63) is 29.8 Å². The molecule has 0 spiro atoms. The summed E-state index contributed by atoms with van der Waals surface area (Å²) in [7, 11) is 0. The first-order valence-electron chi connectivity index (χ1n) is 9.12. The van der Waals surface area contributed by atoms with E-state index in [-0.39, 0.29) is 31.3 Å². The normalized spacial score (nSPS) is 16.6. The molecule has 2 rings (SSSR count).